The highest BCUT2D eigenvalue weighted by Crippen LogP contribution is 2.26. The van der Waals surface area contributed by atoms with Crippen LogP contribution in [0.2, 0.25) is 0 Å². The number of amides is 1. The van der Waals surface area contributed by atoms with Crippen LogP contribution in [-0.2, 0) is 9.53 Å². The van der Waals surface area contributed by atoms with Gasteiger partial charge in [-0.05, 0) is 17.9 Å². The quantitative estimate of drug-likeness (QED) is 0.833. The van der Waals surface area contributed by atoms with Gasteiger partial charge in [-0.25, -0.2) is 0 Å². The second kappa shape index (κ2) is 6.86. The average Bonchev–Trinajstić information content (AvgIpc) is 2.88. The summed E-state index contributed by atoms with van der Waals surface area (Å²) in [6, 6.07) is 9.19. The Morgan fingerprint density at radius 2 is 2.10 bits per heavy atom. The fourth-order valence-corrected chi connectivity index (χ4v) is 2.91. The zero-order chi connectivity index (χ0) is 14.5. The van der Waals surface area contributed by atoms with E-state index in [4.69, 9.17) is 10.5 Å². The summed E-state index contributed by atoms with van der Waals surface area (Å²) in [6.07, 6.45) is 1.31. The number of rotatable bonds is 6. The molecule has 3 atom stereocenters. The first-order valence-electron chi connectivity index (χ1n) is 7.29. The molecule has 0 spiro atoms. The Hall–Kier alpha value is -1.39. The molecular formula is C16H24N2O2. The van der Waals surface area contributed by atoms with Gasteiger partial charge < -0.3 is 15.8 Å². The summed E-state index contributed by atoms with van der Waals surface area (Å²) in [5, 5.41) is 3.31. The minimum Gasteiger partial charge on any atom is -0.378 e. The van der Waals surface area contributed by atoms with Gasteiger partial charge >= 0.3 is 0 Å². The van der Waals surface area contributed by atoms with E-state index in [1.54, 1.807) is 0 Å². The smallest absolute Gasteiger partial charge is 0.239 e. The molecule has 110 valence electrons. The topological polar surface area (TPSA) is 64.3 Å². The minimum atomic E-state index is -0.426. The molecule has 0 aromatic heterocycles. The van der Waals surface area contributed by atoms with Crippen LogP contribution < -0.4 is 11.1 Å². The van der Waals surface area contributed by atoms with Crippen LogP contribution >= 0.6 is 0 Å². The number of primary amides is 1. The number of nitrogens with one attached hydrogen (secondary N) is 1. The van der Waals surface area contributed by atoms with Gasteiger partial charge in [0.15, 0.2) is 0 Å². The summed E-state index contributed by atoms with van der Waals surface area (Å²) < 4.78 is 5.77. The predicted molar refractivity (Wildman–Crippen MR) is 79.1 cm³/mol. The number of hydrogen-bond donors (Lipinski definition) is 2. The monoisotopic (exact) mass is 276 g/mol. The molecule has 2 rings (SSSR count). The van der Waals surface area contributed by atoms with Crippen LogP contribution in [0.3, 0.4) is 0 Å². The van der Waals surface area contributed by atoms with Crippen molar-refractivity contribution in [1.29, 1.82) is 0 Å². The van der Waals surface area contributed by atoms with E-state index in [1.807, 2.05) is 30.3 Å². The first-order chi connectivity index (χ1) is 9.59. The maximum Gasteiger partial charge on any atom is 0.239 e. The molecule has 4 nitrogen and oxygen atoms in total. The van der Waals surface area contributed by atoms with E-state index in [2.05, 4.69) is 19.2 Å². The Kier molecular flexibility index (Phi) is 5.15. The third-order valence-corrected chi connectivity index (χ3v) is 3.92. The molecule has 1 aromatic carbocycles. The highest BCUT2D eigenvalue weighted by atomic mass is 16.5. The first kappa shape index (κ1) is 15.0. The molecule has 1 heterocycles. The second-order valence-electron chi connectivity index (χ2n) is 5.78. The summed E-state index contributed by atoms with van der Waals surface area (Å²) in [5.74, 6) is 0.602. The van der Waals surface area contributed by atoms with Crippen LogP contribution in [0.4, 0.5) is 0 Å². The molecule has 1 fully saturated rings. The molecule has 4 heteroatoms. The van der Waals surface area contributed by atoms with Crippen molar-refractivity contribution < 1.29 is 9.53 Å². The Labute approximate surface area is 120 Å². The largest absolute Gasteiger partial charge is 0.378 e. The number of carbonyl (C=O) groups excluding carboxylic acids is 1. The normalized spacial score (nSPS) is 23.9. The van der Waals surface area contributed by atoms with E-state index in [9.17, 15) is 4.79 Å². The van der Waals surface area contributed by atoms with E-state index < -0.39 is 6.04 Å². The number of carbonyl (C=O) groups is 1. The van der Waals surface area contributed by atoms with Crippen LogP contribution in [0.15, 0.2) is 30.3 Å². The van der Waals surface area contributed by atoms with Crippen LogP contribution in [-0.4, -0.2) is 25.2 Å². The standard InChI is InChI=1S/C16H24N2O2/c1-11(2)15-13(8-9-20-15)10-18-14(16(17)19)12-6-4-3-5-7-12/h3-7,11,13-15,18H,8-10H2,1-2H3,(H2,17,19)/t13-,14-,15-/m1/s1. The molecule has 1 aliphatic heterocycles. The molecule has 0 unspecified atom stereocenters. The van der Waals surface area contributed by atoms with Crippen molar-refractivity contribution in [2.45, 2.75) is 32.4 Å². The maximum atomic E-state index is 11.6. The van der Waals surface area contributed by atoms with E-state index in [0.29, 0.717) is 11.8 Å². The zero-order valence-corrected chi connectivity index (χ0v) is 12.2. The number of benzene rings is 1. The van der Waals surface area contributed by atoms with E-state index >= 15 is 0 Å². The SMILES string of the molecule is CC(C)[C@H]1OCC[C@@H]1CN[C@@H](C(N)=O)c1ccccc1. The zero-order valence-electron chi connectivity index (χ0n) is 12.2. The van der Waals surface area contributed by atoms with Gasteiger partial charge in [0.1, 0.15) is 6.04 Å². The van der Waals surface area contributed by atoms with Gasteiger partial charge in [0.25, 0.3) is 0 Å². The van der Waals surface area contributed by atoms with E-state index in [0.717, 1.165) is 25.1 Å². The molecule has 0 saturated carbocycles. The van der Waals surface area contributed by atoms with Crippen molar-refractivity contribution in [2.24, 2.45) is 17.6 Å². The summed E-state index contributed by atoms with van der Waals surface area (Å²) in [5.41, 5.74) is 6.43. The minimum absolute atomic E-state index is 0.270. The van der Waals surface area contributed by atoms with Crippen LogP contribution in [0.5, 0.6) is 0 Å². The fourth-order valence-electron chi connectivity index (χ4n) is 2.91. The number of ether oxygens (including phenoxy) is 1. The van der Waals surface area contributed by atoms with E-state index in [-0.39, 0.29) is 12.0 Å². The Morgan fingerprint density at radius 1 is 1.40 bits per heavy atom. The lowest BCUT2D eigenvalue weighted by Gasteiger charge is -2.24. The third-order valence-electron chi connectivity index (χ3n) is 3.92. The van der Waals surface area contributed by atoms with Crippen LogP contribution in [0.1, 0.15) is 31.9 Å². The molecular weight excluding hydrogens is 252 g/mol. The molecule has 1 saturated heterocycles. The maximum absolute atomic E-state index is 11.6. The molecule has 1 amide bonds. The molecule has 0 radical (unpaired) electrons. The fraction of sp³-hybridized carbons (Fsp3) is 0.562. The van der Waals surface area contributed by atoms with Crippen molar-refractivity contribution in [1.82, 2.24) is 5.32 Å². The van der Waals surface area contributed by atoms with Crippen LogP contribution in [0, 0.1) is 11.8 Å². The first-order valence-corrected chi connectivity index (χ1v) is 7.29. The summed E-state index contributed by atoms with van der Waals surface area (Å²) in [6.45, 7) is 5.91. The molecule has 1 aromatic rings. The second-order valence-corrected chi connectivity index (χ2v) is 5.78. The Bertz CT molecular complexity index is 433. The van der Waals surface area contributed by atoms with E-state index in [1.165, 1.54) is 0 Å². The highest BCUT2D eigenvalue weighted by Gasteiger charge is 2.31. The van der Waals surface area contributed by atoms with Gasteiger partial charge in [0.05, 0.1) is 6.10 Å². The molecule has 0 aliphatic carbocycles. The van der Waals surface area contributed by atoms with Crippen LogP contribution in [0.25, 0.3) is 0 Å². The van der Waals surface area contributed by atoms with Crippen molar-refractivity contribution in [2.75, 3.05) is 13.2 Å². The van der Waals surface area contributed by atoms with Gasteiger partial charge in [0.2, 0.25) is 5.91 Å². The molecule has 3 N–H and O–H groups in total. The Morgan fingerprint density at radius 3 is 2.70 bits per heavy atom. The predicted octanol–water partition coefficient (Wildman–Crippen LogP) is 1.86. The van der Waals surface area contributed by atoms with Gasteiger partial charge in [-0.15, -0.1) is 0 Å². The summed E-state index contributed by atoms with van der Waals surface area (Å²) in [4.78, 5) is 11.6. The number of hydrogen-bond acceptors (Lipinski definition) is 3. The Balaban J connectivity index is 1.98. The van der Waals surface area contributed by atoms with Gasteiger partial charge in [-0.3, -0.25) is 4.79 Å². The van der Waals surface area contributed by atoms with Crippen molar-refractivity contribution in [3.63, 3.8) is 0 Å². The lowest BCUT2D eigenvalue weighted by molar-refractivity contribution is -0.120. The van der Waals surface area contributed by atoms with Crippen molar-refractivity contribution in [3.8, 4) is 0 Å². The average molecular weight is 276 g/mol. The van der Waals surface area contributed by atoms with Gasteiger partial charge in [-0.2, -0.15) is 0 Å². The van der Waals surface area contributed by atoms with Gasteiger partial charge in [0, 0.05) is 19.1 Å². The lowest BCUT2D eigenvalue weighted by Crippen LogP contribution is -2.39. The lowest BCUT2D eigenvalue weighted by atomic mass is 9.92. The highest BCUT2D eigenvalue weighted by molar-refractivity contribution is 5.81. The summed E-state index contributed by atoms with van der Waals surface area (Å²) in [7, 11) is 0. The van der Waals surface area contributed by atoms with Crippen molar-refractivity contribution >= 4 is 5.91 Å². The molecule has 1 aliphatic rings. The third kappa shape index (κ3) is 3.58. The molecule has 20 heavy (non-hydrogen) atoms. The van der Waals surface area contributed by atoms with Gasteiger partial charge in [-0.1, -0.05) is 44.2 Å². The molecule has 0 bridgehead atoms. The number of nitrogens with two attached hydrogens (primary N) is 1. The summed E-state index contributed by atoms with van der Waals surface area (Å²) >= 11 is 0. The van der Waals surface area contributed by atoms with Crippen molar-refractivity contribution in [3.05, 3.63) is 35.9 Å².